The monoisotopic (exact) mass is 406 g/mol. The molecule has 1 heterocycles. The Balaban J connectivity index is 1.66. The van der Waals surface area contributed by atoms with Gasteiger partial charge in [0.05, 0.1) is 10.6 Å². The Morgan fingerprint density at radius 1 is 0.897 bits per heavy atom. The first-order chi connectivity index (χ1) is 13.9. The molecular weight excluding hydrogens is 384 g/mol. The summed E-state index contributed by atoms with van der Waals surface area (Å²) >= 11 is 0. The van der Waals surface area contributed by atoms with E-state index in [1.807, 2.05) is 30.3 Å². The van der Waals surface area contributed by atoms with Gasteiger partial charge in [0.25, 0.3) is 5.91 Å². The largest absolute Gasteiger partial charge is 0.341 e. The van der Waals surface area contributed by atoms with E-state index in [4.69, 9.17) is 0 Å². The van der Waals surface area contributed by atoms with Gasteiger partial charge in [-0.2, -0.15) is 0 Å². The SMILES string of the molecule is CCn1c2ccccc2c2cc(C(=O)Nc3ccc(S(=O)(=O)CC)cc3)ccc21. The van der Waals surface area contributed by atoms with Crippen molar-refractivity contribution in [2.45, 2.75) is 25.3 Å². The highest BCUT2D eigenvalue weighted by molar-refractivity contribution is 7.91. The third kappa shape index (κ3) is 3.40. The first-order valence-electron chi connectivity index (χ1n) is 9.59. The lowest BCUT2D eigenvalue weighted by molar-refractivity contribution is 0.102. The molecule has 1 aromatic heterocycles. The smallest absolute Gasteiger partial charge is 0.255 e. The van der Waals surface area contributed by atoms with Gasteiger partial charge in [0.15, 0.2) is 9.84 Å². The van der Waals surface area contributed by atoms with E-state index in [9.17, 15) is 13.2 Å². The fourth-order valence-electron chi connectivity index (χ4n) is 3.65. The molecule has 0 unspecified atom stereocenters. The number of carbonyl (C=O) groups excluding carboxylic acids is 1. The molecule has 0 radical (unpaired) electrons. The lowest BCUT2D eigenvalue weighted by Gasteiger charge is -2.08. The summed E-state index contributed by atoms with van der Waals surface area (Å²) in [5.74, 6) is -0.185. The van der Waals surface area contributed by atoms with E-state index >= 15 is 0 Å². The Hall–Kier alpha value is -3.12. The maximum Gasteiger partial charge on any atom is 0.255 e. The number of benzene rings is 3. The van der Waals surface area contributed by atoms with E-state index in [1.54, 1.807) is 19.1 Å². The van der Waals surface area contributed by atoms with E-state index in [0.29, 0.717) is 11.3 Å². The molecule has 3 aromatic carbocycles. The number of hydrogen-bond donors (Lipinski definition) is 1. The van der Waals surface area contributed by atoms with Crippen molar-refractivity contribution in [2.24, 2.45) is 0 Å². The van der Waals surface area contributed by atoms with Gasteiger partial charge in [-0.3, -0.25) is 4.79 Å². The highest BCUT2D eigenvalue weighted by atomic mass is 32.2. The Bertz CT molecular complexity index is 1320. The number of aromatic nitrogens is 1. The number of nitrogens with zero attached hydrogens (tertiary/aromatic N) is 1. The van der Waals surface area contributed by atoms with Crippen molar-refractivity contribution in [2.75, 3.05) is 11.1 Å². The van der Waals surface area contributed by atoms with E-state index in [0.717, 1.165) is 28.4 Å². The van der Waals surface area contributed by atoms with Crippen molar-refractivity contribution >= 4 is 43.2 Å². The van der Waals surface area contributed by atoms with Crippen LogP contribution in [0.2, 0.25) is 0 Å². The molecule has 0 aliphatic rings. The molecule has 0 aliphatic carbocycles. The average Bonchev–Trinajstić information content (AvgIpc) is 3.07. The lowest BCUT2D eigenvalue weighted by atomic mass is 10.1. The zero-order valence-corrected chi connectivity index (χ0v) is 17.2. The molecule has 0 saturated carbocycles. The first kappa shape index (κ1) is 19.2. The van der Waals surface area contributed by atoms with Crippen LogP contribution in [-0.2, 0) is 16.4 Å². The summed E-state index contributed by atoms with van der Waals surface area (Å²) in [4.78, 5) is 13.0. The van der Waals surface area contributed by atoms with E-state index in [2.05, 4.69) is 28.9 Å². The predicted octanol–water partition coefficient (Wildman–Crippen LogP) is 4.86. The second-order valence-electron chi connectivity index (χ2n) is 6.88. The highest BCUT2D eigenvalue weighted by Crippen LogP contribution is 2.30. The van der Waals surface area contributed by atoms with E-state index < -0.39 is 9.84 Å². The maximum atomic E-state index is 12.8. The van der Waals surface area contributed by atoms with Crippen molar-refractivity contribution in [3.05, 3.63) is 72.3 Å². The minimum absolute atomic E-state index is 0.0457. The standard InChI is InChI=1S/C23H22N2O3S/c1-3-25-21-8-6-5-7-19(21)20-15-16(9-14-22(20)25)23(26)24-17-10-12-18(13-11-17)29(27,28)4-2/h5-15H,3-4H2,1-2H3,(H,24,26). The number of para-hydroxylation sites is 1. The lowest BCUT2D eigenvalue weighted by Crippen LogP contribution is -2.12. The summed E-state index contributed by atoms with van der Waals surface area (Å²) < 4.78 is 26.1. The highest BCUT2D eigenvalue weighted by Gasteiger charge is 2.14. The summed E-state index contributed by atoms with van der Waals surface area (Å²) in [6, 6.07) is 20.1. The van der Waals surface area contributed by atoms with Gasteiger partial charge >= 0.3 is 0 Å². The van der Waals surface area contributed by atoms with Crippen LogP contribution in [0, 0.1) is 0 Å². The van der Waals surface area contributed by atoms with Crippen LogP contribution in [0.1, 0.15) is 24.2 Å². The number of sulfone groups is 1. The molecule has 0 bridgehead atoms. The zero-order valence-electron chi connectivity index (χ0n) is 16.3. The molecular formula is C23H22N2O3S. The van der Waals surface area contributed by atoms with Gasteiger partial charge in [-0.25, -0.2) is 8.42 Å². The number of nitrogens with one attached hydrogen (secondary N) is 1. The minimum atomic E-state index is -3.26. The number of anilines is 1. The quantitative estimate of drug-likeness (QED) is 0.515. The number of amides is 1. The molecule has 0 saturated heterocycles. The molecule has 5 nitrogen and oxygen atoms in total. The van der Waals surface area contributed by atoms with E-state index in [-0.39, 0.29) is 16.6 Å². The molecule has 148 valence electrons. The molecule has 0 fully saturated rings. The number of fused-ring (bicyclic) bond motifs is 3. The molecule has 29 heavy (non-hydrogen) atoms. The number of rotatable bonds is 5. The Morgan fingerprint density at radius 3 is 2.28 bits per heavy atom. The minimum Gasteiger partial charge on any atom is -0.341 e. The topological polar surface area (TPSA) is 68.2 Å². The molecule has 4 rings (SSSR count). The van der Waals surface area contributed by atoms with Crippen LogP contribution in [0.5, 0.6) is 0 Å². The normalized spacial score (nSPS) is 11.8. The molecule has 0 spiro atoms. The van der Waals surface area contributed by atoms with Gasteiger partial charge in [-0.05, 0) is 55.5 Å². The van der Waals surface area contributed by atoms with Gasteiger partial charge in [0, 0.05) is 39.6 Å². The summed E-state index contributed by atoms with van der Waals surface area (Å²) in [6.07, 6.45) is 0. The van der Waals surface area contributed by atoms with Gasteiger partial charge in [-0.15, -0.1) is 0 Å². The van der Waals surface area contributed by atoms with Crippen molar-refractivity contribution in [1.82, 2.24) is 4.57 Å². The van der Waals surface area contributed by atoms with Crippen molar-refractivity contribution in [3.63, 3.8) is 0 Å². The molecule has 4 aromatic rings. The van der Waals surface area contributed by atoms with Crippen LogP contribution >= 0.6 is 0 Å². The summed E-state index contributed by atoms with van der Waals surface area (Å²) in [6.45, 7) is 4.56. The van der Waals surface area contributed by atoms with Crippen LogP contribution in [0.15, 0.2) is 71.6 Å². The second kappa shape index (κ2) is 7.37. The van der Waals surface area contributed by atoms with Crippen molar-refractivity contribution < 1.29 is 13.2 Å². The fourth-order valence-corrected chi connectivity index (χ4v) is 4.54. The average molecular weight is 407 g/mol. The van der Waals surface area contributed by atoms with Crippen LogP contribution < -0.4 is 5.32 Å². The van der Waals surface area contributed by atoms with Crippen molar-refractivity contribution in [3.8, 4) is 0 Å². The summed E-state index contributed by atoms with van der Waals surface area (Å²) in [5, 5.41) is 5.01. The van der Waals surface area contributed by atoms with Crippen LogP contribution in [0.25, 0.3) is 21.8 Å². The van der Waals surface area contributed by atoms with Gasteiger partial charge < -0.3 is 9.88 Å². The molecule has 1 amide bonds. The Labute approximate surface area is 169 Å². The van der Waals surface area contributed by atoms with Crippen molar-refractivity contribution in [1.29, 1.82) is 0 Å². The van der Waals surface area contributed by atoms with E-state index in [1.165, 1.54) is 12.1 Å². The summed E-state index contributed by atoms with van der Waals surface area (Å²) in [5.41, 5.74) is 3.36. The third-order valence-electron chi connectivity index (χ3n) is 5.20. The predicted molar refractivity (Wildman–Crippen MR) is 117 cm³/mol. The Morgan fingerprint density at radius 2 is 1.59 bits per heavy atom. The molecule has 0 atom stereocenters. The number of aryl methyl sites for hydroxylation is 1. The van der Waals surface area contributed by atoms with Gasteiger partial charge in [0.2, 0.25) is 0 Å². The van der Waals surface area contributed by atoms with Crippen LogP contribution in [-0.4, -0.2) is 24.6 Å². The van der Waals surface area contributed by atoms with Gasteiger partial charge in [0.1, 0.15) is 0 Å². The van der Waals surface area contributed by atoms with Crippen LogP contribution in [0.3, 0.4) is 0 Å². The Kier molecular flexibility index (Phi) is 4.88. The van der Waals surface area contributed by atoms with Gasteiger partial charge in [-0.1, -0.05) is 25.1 Å². The number of carbonyl (C=O) groups is 1. The summed E-state index contributed by atoms with van der Waals surface area (Å²) in [7, 11) is -3.26. The molecule has 1 N–H and O–H groups in total. The van der Waals surface area contributed by atoms with Crippen LogP contribution in [0.4, 0.5) is 5.69 Å². The maximum absolute atomic E-state index is 12.8. The molecule has 0 aliphatic heterocycles. The zero-order chi connectivity index (χ0) is 20.6. The first-order valence-corrected chi connectivity index (χ1v) is 11.2. The number of hydrogen-bond acceptors (Lipinski definition) is 3. The second-order valence-corrected chi connectivity index (χ2v) is 9.15. The third-order valence-corrected chi connectivity index (χ3v) is 6.95. The fraction of sp³-hybridized carbons (Fsp3) is 0.174. The molecule has 6 heteroatoms.